The van der Waals surface area contributed by atoms with Crippen LogP contribution in [0.1, 0.15) is 16.7 Å². The molecule has 1 aromatic carbocycles. The fourth-order valence-corrected chi connectivity index (χ4v) is 1.62. The monoisotopic (exact) mass is 199 g/mol. The smallest absolute Gasteiger partial charge is 0.137 e. The van der Waals surface area contributed by atoms with Crippen LogP contribution in [0.15, 0.2) is 6.07 Å². The number of phenolic OH excluding ortho intramolecular Hbond substituents is 1. The average molecular weight is 200 g/mol. The van der Waals surface area contributed by atoms with E-state index in [1.165, 1.54) is 0 Å². The van der Waals surface area contributed by atoms with Gasteiger partial charge in [0.25, 0.3) is 0 Å². The molecule has 2 nitrogen and oxygen atoms in total. The summed E-state index contributed by atoms with van der Waals surface area (Å²) in [5.41, 5.74) is 8.31. The minimum Gasteiger partial charge on any atom is -0.506 e. The Kier molecular flexibility index (Phi) is 3.17. The molecular weight excluding hydrogens is 186 g/mol. The van der Waals surface area contributed by atoms with Gasteiger partial charge in [-0.3, -0.25) is 0 Å². The van der Waals surface area contributed by atoms with Crippen molar-refractivity contribution in [2.24, 2.45) is 5.73 Å². The predicted molar refractivity (Wildman–Crippen MR) is 55.3 cm³/mol. The number of aromatic hydroxyl groups is 1. The van der Waals surface area contributed by atoms with Gasteiger partial charge in [0.05, 0.1) is 5.02 Å². The zero-order valence-corrected chi connectivity index (χ0v) is 8.65. The zero-order chi connectivity index (χ0) is 10.0. The van der Waals surface area contributed by atoms with Crippen LogP contribution in [0.25, 0.3) is 0 Å². The van der Waals surface area contributed by atoms with Gasteiger partial charge in [-0.2, -0.15) is 0 Å². The van der Waals surface area contributed by atoms with Crippen LogP contribution in [-0.2, 0) is 6.42 Å². The van der Waals surface area contributed by atoms with Crippen molar-refractivity contribution in [3.05, 3.63) is 27.8 Å². The summed E-state index contributed by atoms with van der Waals surface area (Å²) >= 11 is 5.93. The largest absolute Gasteiger partial charge is 0.506 e. The summed E-state index contributed by atoms with van der Waals surface area (Å²) in [7, 11) is 0. The summed E-state index contributed by atoms with van der Waals surface area (Å²) in [4.78, 5) is 0. The van der Waals surface area contributed by atoms with Gasteiger partial charge in [0, 0.05) is 0 Å². The third-order valence-corrected chi connectivity index (χ3v) is 2.66. The minimum atomic E-state index is 0.180. The van der Waals surface area contributed by atoms with Crippen LogP contribution in [-0.4, -0.2) is 11.7 Å². The lowest BCUT2D eigenvalue weighted by molar-refractivity contribution is 0.470. The predicted octanol–water partition coefficient (Wildman–Crippen LogP) is 2.16. The van der Waals surface area contributed by atoms with Gasteiger partial charge in [-0.15, -0.1) is 0 Å². The van der Waals surface area contributed by atoms with Gasteiger partial charge in [0.1, 0.15) is 5.75 Å². The van der Waals surface area contributed by atoms with Gasteiger partial charge < -0.3 is 10.8 Å². The van der Waals surface area contributed by atoms with Gasteiger partial charge in [0.15, 0.2) is 0 Å². The topological polar surface area (TPSA) is 46.2 Å². The molecule has 0 aromatic heterocycles. The highest BCUT2D eigenvalue weighted by Crippen LogP contribution is 2.32. The van der Waals surface area contributed by atoms with Crippen LogP contribution < -0.4 is 5.73 Å². The normalized spacial score (nSPS) is 10.5. The van der Waals surface area contributed by atoms with E-state index in [1.54, 1.807) is 0 Å². The SMILES string of the molecule is Cc1cc(CCN)c(C)c(Cl)c1O. The Labute approximate surface area is 83.3 Å². The summed E-state index contributed by atoms with van der Waals surface area (Å²) in [6.45, 7) is 4.33. The third-order valence-electron chi connectivity index (χ3n) is 2.20. The molecule has 3 N–H and O–H groups in total. The minimum absolute atomic E-state index is 0.180. The van der Waals surface area contributed by atoms with E-state index in [9.17, 15) is 5.11 Å². The lowest BCUT2D eigenvalue weighted by atomic mass is 10.0. The quantitative estimate of drug-likeness (QED) is 0.767. The Bertz CT molecular complexity index is 323. The Hall–Kier alpha value is -0.730. The Morgan fingerprint density at radius 2 is 2.08 bits per heavy atom. The van der Waals surface area contributed by atoms with Gasteiger partial charge >= 0.3 is 0 Å². The van der Waals surface area contributed by atoms with Crippen molar-refractivity contribution in [3.8, 4) is 5.75 Å². The van der Waals surface area contributed by atoms with Crippen LogP contribution >= 0.6 is 11.6 Å². The van der Waals surface area contributed by atoms with Gasteiger partial charge in [-0.05, 0) is 43.5 Å². The van der Waals surface area contributed by atoms with Crippen molar-refractivity contribution >= 4 is 11.6 Å². The maximum atomic E-state index is 9.52. The third kappa shape index (κ3) is 1.95. The van der Waals surface area contributed by atoms with Crippen molar-refractivity contribution in [2.75, 3.05) is 6.54 Å². The molecule has 1 aromatic rings. The van der Waals surface area contributed by atoms with Gasteiger partial charge in [0.2, 0.25) is 0 Å². The standard InChI is InChI=1S/C10H14ClNO/c1-6-5-8(3-4-12)7(2)9(11)10(6)13/h5,13H,3-4,12H2,1-2H3. The summed E-state index contributed by atoms with van der Waals surface area (Å²) in [6.07, 6.45) is 0.798. The molecule has 1 rings (SSSR count). The summed E-state index contributed by atoms with van der Waals surface area (Å²) in [5, 5.41) is 9.96. The second kappa shape index (κ2) is 3.99. The first-order valence-corrected chi connectivity index (χ1v) is 4.63. The number of halogens is 1. The maximum absolute atomic E-state index is 9.52. The molecule has 0 saturated carbocycles. The molecule has 3 heteroatoms. The first-order chi connectivity index (χ1) is 6.07. The molecule has 0 aliphatic rings. The lowest BCUT2D eigenvalue weighted by Crippen LogP contribution is -2.04. The van der Waals surface area contributed by atoms with Crippen molar-refractivity contribution in [1.29, 1.82) is 0 Å². The molecule has 0 atom stereocenters. The zero-order valence-electron chi connectivity index (χ0n) is 7.89. The number of aryl methyl sites for hydroxylation is 1. The van der Waals surface area contributed by atoms with E-state index in [2.05, 4.69) is 0 Å². The highest BCUT2D eigenvalue weighted by atomic mass is 35.5. The fraction of sp³-hybridized carbons (Fsp3) is 0.400. The van der Waals surface area contributed by atoms with Crippen LogP contribution in [0.3, 0.4) is 0 Å². The molecule has 13 heavy (non-hydrogen) atoms. The highest BCUT2D eigenvalue weighted by molar-refractivity contribution is 6.33. The van der Waals surface area contributed by atoms with Crippen LogP contribution in [0.5, 0.6) is 5.75 Å². The number of rotatable bonds is 2. The molecule has 72 valence electrons. The van der Waals surface area contributed by atoms with Crippen molar-refractivity contribution in [1.82, 2.24) is 0 Å². The van der Waals surface area contributed by atoms with Crippen molar-refractivity contribution in [3.63, 3.8) is 0 Å². The molecule has 0 bridgehead atoms. The molecule has 0 heterocycles. The molecule has 0 aliphatic heterocycles. The van der Waals surface area contributed by atoms with E-state index in [1.807, 2.05) is 19.9 Å². The molecule has 0 spiro atoms. The van der Waals surface area contributed by atoms with E-state index >= 15 is 0 Å². The number of hydrogen-bond donors (Lipinski definition) is 2. The lowest BCUT2D eigenvalue weighted by Gasteiger charge is -2.10. The molecule has 0 saturated heterocycles. The highest BCUT2D eigenvalue weighted by Gasteiger charge is 2.09. The van der Waals surface area contributed by atoms with E-state index < -0.39 is 0 Å². The molecular formula is C10H14ClNO. The Morgan fingerprint density at radius 3 is 2.62 bits per heavy atom. The Balaban J connectivity index is 3.24. The summed E-state index contributed by atoms with van der Waals surface area (Å²) in [6, 6.07) is 1.93. The average Bonchev–Trinajstić information content (AvgIpc) is 2.11. The van der Waals surface area contributed by atoms with Crippen molar-refractivity contribution in [2.45, 2.75) is 20.3 Å². The van der Waals surface area contributed by atoms with Gasteiger partial charge in [-0.1, -0.05) is 17.7 Å². The first-order valence-electron chi connectivity index (χ1n) is 4.25. The Morgan fingerprint density at radius 1 is 1.46 bits per heavy atom. The number of phenols is 1. The number of benzene rings is 1. The van der Waals surface area contributed by atoms with E-state index in [0.717, 1.165) is 23.1 Å². The van der Waals surface area contributed by atoms with E-state index in [4.69, 9.17) is 17.3 Å². The molecule has 0 aliphatic carbocycles. The van der Waals surface area contributed by atoms with E-state index in [0.29, 0.717) is 11.6 Å². The molecule has 0 unspecified atom stereocenters. The molecule has 0 amide bonds. The number of hydrogen-bond acceptors (Lipinski definition) is 2. The van der Waals surface area contributed by atoms with Crippen molar-refractivity contribution < 1.29 is 5.11 Å². The summed E-state index contributed by atoms with van der Waals surface area (Å²) < 4.78 is 0. The van der Waals surface area contributed by atoms with Crippen LogP contribution in [0.4, 0.5) is 0 Å². The number of nitrogens with two attached hydrogens (primary N) is 1. The molecule has 0 fully saturated rings. The maximum Gasteiger partial charge on any atom is 0.137 e. The second-order valence-electron chi connectivity index (χ2n) is 3.18. The fourth-order valence-electron chi connectivity index (χ4n) is 1.34. The van der Waals surface area contributed by atoms with Crippen LogP contribution in [0, 0.1) is 13.8 Å². The first kappa shape index (κ1) is 10.4. The second-order valence-corrected chi connectivity index (χ2v) is 3.56. The van der Waals surface area contributed by atoms with Crippen LogP contribution in [0.2, 0.25) is 5.02 Å². The van der Waals surface area contributed by atoms with E-state index in [-0.39, 0.29) is 5.75 Å². The molecule has 0 radical (unpaired) electrons. The summed E-state index contributed by atoms with van der Waals surface area (Å²) in [5.74, 6) is 0.180. The van der Waals surface area contributed by atoms with Gasteiger partial charge in [-0.25, -0.2) is 0 Å².